The van der Waals surface area contributed by atoms with E-state index in [-0.39, 0.29) is 24.4 Å². The average molecular weight is 460 g/mol. The maximum absolute atomic E-state index is 13.1. The molecule has 8 heteroatoms. The first kappa shape index (κ1) is 24.3. The monoisotopic (exact) mass is 460 g/mol. The van der Waals surface area contributed by atoms with Crippen molar-refractivity contribution in [2.24, 2.45) is 0 Å². The molecule has 8 nitrogen and oxygen atoms in total. The second kappa shape index (κ2) is 11.0. The van der Waals surface area contributed by atoms with E-state index in [0.29, 0.717) is 16.8 Å². The normalized spacial score (nSPS) is 11.4. The summed E-state index contributed by atoms with van der Waals surface area (Å²) in [4.78, 5) is 48.3. The Balaban J connectivity index is 1.70. The third-order valence-electron chi connectivity index (χ3n) is 5.18. The standard InChI is InChI=1S/C26H24N2O6/c1-17-8-9-18(2)22(16-17)27-23(29)14-15-24(30)34-26(25(31)19-6-4-3-5-7-19)20-10-12-21(13-11-20)28(32)33/h3-13,16,26H,14-15H2,1-2H3,(H,27,29)/t26-/m0/s1. The lowest BCUT2D eigenvalue weighted by atomic mass is 9.99. The van der Waals surface area contributed by atoms with Crippen LogP contribution < -0.4 is 5.32 Å². The lowest BCUT2D eigenvalue weighted by Gasteiger charge is -2.17. The van der Waals surface area contributed by atoms with E-state index in [0.717, 1.165) is 11.1 Å². The van der Waals surface area contributed by atoms with Crippen LogP contribution in [0.1, 0.15) is 46.0 Å². The molecule has 3 aromatic rings. The Morgan fingerprint density at radius 1 is 0.941 bits per heavy atom. The van der Waals surface area contributed by atoms with Crippen molar-refractivity contribution in [3.63, 3.8) is 0 Å². The number of ether oxygens (including phenoxy) is 1. The molecule has 1 N–H and O–H groups in total. The van der Waals surface area contributed by atoms with Gasteiger partial charge in [0.15, 0.2) is 6.10 Å². The number of non-ortho nitro benzene ring substituents is 1. The molecule has 0 saturated heterocycles. The highest BCUT2D eigenvalue weighted by atomic mass is 16.6. The smallest absolute Gasteiger partial charge is 0.307 e. The molecule has 0 spiro atoms. The van der Waals surface area contributed by atoms with Gasteiger partial charge in [-0.15, -0.1) is 0 Å². The van der Waals surface area contributed by atoms with Crippen molar-refractivity contribution in [2.45, 2.75) is 32.8 Å². The number of nitro benzene ring substituents is 1. The number of nitrogens with one attached hydrogen (secondary N) is 1. The van der Waals surface area contributed by atoms with Crippen LogP contribution in [-0.2, 0) is 14.3 Å². The summed E-state index contributed by atoms with van der Waals surface area (Å²) in [5.74, 6) is -1.56. The fraction of sp³-hybridized carbons (Fsp3) is 0.192. The zero-order valence-corrected chi connectivity index (χ0v) is 18.8. The highest BCUT2D eigenvalue weighted by molar-refractivity contribution is 6.01. The summed E-state index contributed by atoms with van der Waals surface area (Å²) in [6, 6.07) is 19.2. The lowest BCUT2D eigenvalue weighted by molar-refractivity contribution is -0.384. The van der Waals surface area contributed by atoms with Crippen LogP contribution in [-0.4, -0.2) is 22.6 Å². The quantitative estimate of drug-likeness (QED) is 0.206. The summed E-state index contributed by atoms with van der Waals surface area (Å²) in [5.41, 5.74) is 3.03. The van der Waals surface area contributed by atoms with Gasteiger partial charge in [-0.25, -0.2) is 0 Å². The molecule has 0 fully saturated rings. The summed E-state index contributed by atoms with van der Waals surface area (Å²) in [6.45, 7) is 3.78. The van der Waals surface area contributed by atoms with Gasteiger partial charge in [-0.1, -0.05) is 42.5 Å². The number of anilines is 1. The van der Waals surface area contributed by atoms with Crippen molar-refractivity contribution >= 4 is 29.0 Å². The Kier molecular flexibility index (Phi) is 7.87. The van der Waals surface area contributed by atoms with Crippen LogP contribution in [0.3, 0.4) is 0 Å². The van der Waals surface area contributed by atoms with E-state index in [9.17, 15) is 24.5 Å². The molecule has 3 rings (SSSR count). The van der Waals surface area contributed by atoms with E-state index in [2.05, 4.69) is 5.32 Å². The van der Waals surface area contributed by atoms with Gasteiger partial charge < -0.3 is 10.1 Å². The van der Waals surface area contributed by atoms with E-state index >= 15 is 0 Å². The molecule has 0 bridgehead atoms. The molecule has 0 heterocycles. The van der Waals surface area contributed by atoms with Gasteiger partial charge in [-0.2, -0.15) is 0 Å². The summed E-state index contributed by atoms with van der Waals surface area (Å²) >= 11 is 0. The van der Waals surface area contributed by atoms with Crippen LogP contribution in [0.5, 0.6) is 0 Å². The zero-order chi connectivity index (χ0) is 24.7. The minimum atomic E-state index is -1.29. The molecule has 0 aromatic heterocycles. The van der Waals surface area contributed by atoms with Crippen molar-refractivity contribution in [3.05, 3.63) is 105 Å². The Bertz CT molecular complexity index is 1210. The Morgan fingerprint density at radius 3 is 2.26 bits per heavy atom. The Labute approximate surface area is 196 Å². The number of rotatable bonds is 9. The third kappa shape index (κ3) is 6.35. The summed E-state index contributed by atoms with van der Waals surface area (Å²) in [5, 5.41) is 13.7. The first-order chi connectivity index (χ1) is 16.2. The van der Waals surface area contributed by atoms with Crippen LogP contribution in [0.15, 0.2) is 72.8 Å². The Hall–Kier alpha value is -4.33. The molecule has 0 radical (unpaired) electrons. The van der Waals surface area contributed by atoms with E-state index in [1.54, 1.807) is 30.3 Å². The first-order valence-electron chi connectivity index (χ1n) is 10.6. The second-order valence-electron chi connectivity index (χ2n) is 7.82. The number of aryl methyl sites for hydroxylation is 2. The molecule has 1 amide bonds. The number of esters is 1. The van der Waals surface area contributed by atoms with E-state index < -0.39 is 22.8 Å². The van der Waals surface area contributed by atoms with Crippen LogP contribution in [0.2, 0.25) is 0 Å². The van der Waals surface area contributed by atoms with E-state index in [1.807, 2.05) is 32.0 Å². The second-order valence-corrected chi connectivity index (χ2v) is 7.82. The van der Waals surface area contributed by atoms with Gasteiger partial charge in [0, 0.05) is 35.4 Å². The molecule has 0 aliphatic heterocycles. The molecular weight excluding hydrogens is 436 g/mol. The van der Waals surface area contributed by atoms with E-state index in [4.69, 9.17) is 4.74 Å². The average Bonchev–Trinajstić information content (AvgIpc) is 2.83. The van der Waals surface area contributed by atoms with Crippen LogP contribution in [0.4, 0.5) is 11.4 Å². The van der Waals surface area contributed by atoms with Gasteiger partial charge in [0.2, 0.25) is 11.7 Å². The Morgan fingerprint density at radius 2 is 1.62 bits per heavy atom. The molecule has 0 unspecified atom stereocenters. The molecule has 34 heavy (non-hydrogen) atoms. The largest absolute Gasteiger partial charge is 0.449 e. The topological polar surface area (TPSA) is 116 Å². The number of carbonyl (C=O) groups excluding carboxylic acids is 3. The SMILES string of the molecule is Cc1ccc(C)c(NC(=O)CCC(=O)O[C@H](C(=O)c2ccccc2)c2ccc([N+](=O)[O-])cc2)c1. The number of hydrogen-bond donors (Lipinski definition) is 1. The van der Waals surface area contributed by atoms with Gasteiger partial charge in [-0.05, 0) is 43.2 Å². The van der Waals surface area contributed by atoms with Gasteiger partial charge in [-0.3, -0.25) is 24.5 Å². The fourth-order valence-electron chi connectivity index (χ4n) is 3.29. The van der Waals surface area contributed by atoms with Crippen molar-refractivity contribution in [2.75, 3.05) is 5.32 Å². The highest BCUT2D eigenvalue weighted by Gasteiger charge is 2.27. The molecule has 0 aliphatic rings. The van der Waals surface area contributed by atoms with Gasteiger partial charge in [0.05, 0.1) is 11.3 Å². The summed E-state index contributed by atoms with van der Waals surface area (Å²) in [7, 11) is 0. The minimum Gasteiger partial charge on any atom is -0.449 e. The maximum atomic E-state index is 13.1. The zero-order valence-electron chi connectivity index (χ0n) is 18.8. The first-order valence-corrected chi connectivity index (χ1v) is 10.6. The highest BCUT2D eigenvalue weighted by Crippen LogP contribution is 2.26. The number of Topliss-reactive ketones (excluding diaryl/α,β-unsaturated/α-hetero) is 1. The number of carbonyl (C=O) groups is 3. The summed E-state index contributed by atoms with van der Waals surface area (Å²) in [6.07, 6.45) is -1.65. The molecular formula is C26H24N2O6. The predicted molar refractivity (Wildman–Crippen MR) is 126 cm³/mol. The van der Waals surface area contributed by atoms with Crippen molar-refractivity contribution < 1.29 is 24.0 Å². The number of nitrogens with zero attached hydrogens (tertiary/aromatic N) is 1. The number of nitro groups is 1. The molecule has 1 atom stereocenters. The van der Waals surface area contributed by atoms with Crippen LogP contribution in [0, 0.1) is 24.0 Å². The predicted octanol–water partition coefficient (Wildman–Crippen LogP) is 5.10. The van der Waals surface area contributed by atoms with Crippen molar-refractivity contribution in [3.8, 4) is 0 Å². The summed E-state index contributed by atoms with van der Waals surface area (Å²) < 4.78 is 5.46. The van der Waals surface area contributed by atoms with Crippen LogP contribution in [0.25, 0.3) is 0 Å². The van der Waals surface area contributed by atoms with Crippen molar-refractivity contribution in [1.29, 1.82) is 0 Å². The fourth-order valence-corrected chi connectivity index (χ4v) is 3.29. The van der Waals surface area contributed by atoms with Crippen molar-refractivity contribution in [1.82, 2.24) is 0 Å². The lowest BCUT2D eigenvalue weighted by Crippen LogP contribution is -2.21. The van der Waals surface area contributed by atoms with Crippen LogP contribution >= 0.6 is 0 Å². The number of hydrogen-bond acceptors (Lipinski definition) is 6. The van der Waals surface area contributed by atoms with Gasteiger partial charge in [0.25, 0.3) is 5.69 Å². The molecule has 0 aliphatic carbocycles. The number of benzene rings is 3. The minimum absolute atomic E-state index is 0.126. The molecule has 0 saturated carbocycles. The third-order valence-corrected chi connectivity index (χ3v) is 5.18. The van der Waals surface area contributed by atoms with E-state index in [1.165, 1.54) is 24.3 Å². The molecule has 174 valence electrons. The molecule has 3 aromatic carbocycles. The van der Waals surface area contributed by atoms with Gasteiger partial charge in [0.1, 0.15) is 0 Å². The van der Waals surface area contributed by atoms with Gasteiger partial charge >= 0.3 is 5.97 Å². The number of amides is 1. The maximum Gasteiger partial charge on any atom is 0.307 e. The number of ketones is 1.